The number of aromatic nitrogens is 1. The van der Waals surface area contributed by atoms with E-state index in [1.54, 1.807) is 4.90 Å². The van der Waals surface area contributed by atoms with Crippen LogP contribution < -0.4 is 4.74 Å². The second kappa shape index (κ2) is 9.76. The maximum Gasteiger partial charge on any atom is 0.415 e. The van der Waals surface area contributed by atoms with Gasteiger partial charge in [-0.3, -0.25) is 0 Å². The van der Waals surface area contributed by atoms with Crippen molar-refractivity contribution >= 4 is 17.0 Å². The molecule has 0 unspecified atom stereocenters. The first kappa shape index (κ1) is 23.6. The Kier molecular flexibility index (Phi) is 6.78. The van der Waals surface area contributed by atoms with E-state index in [-0.39, 0.29) is 6.09 Å². The lowest BCUT2D eigenvalue weighted by Gasteiger charge is -2.20. The molecule has 0 spiro atoms. The fourth-order valence-electron chi connectivity index (χ4n) is 4.89. The standard InChI is InChI=1S/C30H34N2O2/c1-7-31(8-2)30(33)34-28-10-9-27-26(29(28)25-17-22(5)14-23(6)18-25)11-12-32(27)19-24-15-20(3)13-21(4)16-24/h9-18H,7-8,19H2,1-6H3. The predicted octanol–water partition coefficient (Wildman–Crippen LogP) is 7.43. The first-order valence-electron chi connectivity index (χ1n) is 12.0. The van der Waals surface area contributed by atoms with E-state index in [9.17, 15) is 4.79 Å². The van der Waals surface area contributed by atoms with Gasteiger partial charge in [0.2, 0.25) is 0 Å². The van der Waals surface area contributed by atoms with E-state index in [1.165, 1.54) is 27.8 Å². The molecular weight excluding hydrogens is 420 g/mol. The van der Waals surface area contributed by atoms with Crippen LogP contribution in [-0.4, -0.2) is 28.6 Å². The number of carbonyl (C=O) groups excluding carboxylic acids is 1. The largest absolute Gasteiger partial charge is 0.415 e. The van der Waals surface area contributed by atoms with Gasteiger partial charge in [-0.1, -0.05) is 58.7 Å². The molecule has 4 rings (SSSR count). The minimum atomic E-state index is -0.315. The van der Waals surface area contributed by atoms with Gasteiger partial charge in [0.05, 0.1) is 0 Å². The molecule has 176 valence electrons. The number of ether oxygens (including phenoxy) is 1. The number of aryl methyl sites for hydroxylation is 4. The Morgan fingerprint density at radius 2 is 1.41 bits per heavy atom. The number of benzene rings is 3. The van der Waals surface area contributed by atoms with Crippen molar-refractivity contribution < 1.29 is 9.53 Å². The van der Waals surface area contributed by atoms with Crippen LogP contribution in [0.1, 0.15) is 41.7 Å². The molecule has 0 radical (unpaired) electrons. The molecule has 0 fully saturated rings. The lowest BCUT2D eigenvalue weighted by Crippen LogP contribution is -2.33. The monoisotopic (exact) mass is 454 g/mol. The summed E-state index contributed by atoms with van der Waals surface area (Å²) in [6.45, 7) is 14.4. The average Bonchev–Trinajstić information content (AvgIpc) is 3.15. The Balaban J connectivity index is 1.85. The minimum Gasteiger partial charge on any atom is -0.410 e. The van der Waals surface area contributed by atoms with Gasteiger partial charge < -0.3 is 14.2 Å². The van der Waals surface area contributed by atoms with E-state index in [0.29, 0.717) is 18.8 Å². The quantitative estimate of drug-likeness (QED) is 0.304. The van der Waals surface area contributed by atoms with Gasteiger partial charge in [0.15, 0.2) is 0 Å². The van der Waals surface area contributed by atoms with Gasteiger partial charge in [0, 0.05) is 42.3 Å². The summed E-state index contributed by atoms with van der Waals surface area (Å²) >= 11 is 0. The summed E-state index contributed by atoms with van der Waals surface area (Å²) in [4.78, 5) is 14.5. The molecule has 0 aliphatic rings. The first-order chi connectivity index (χ1) is 16.3. The maximum atomic E-state index is 12.8. The van der Waals surface area contributed by atoms with Gasteiger partial charge in [-0.2, -0.15) is 0 Å². The van der Waals surface area contributed by atoms with E-state index in [0.717, 1.165) is 28.6 Å². The van der Waals surface area contributed by atoms with Crippen LogP contribution in [0.25, 0.3) is 22.0 Å². The third-order valence-electron chi connectivity index (χ3n) is 6.28. The summed E-state index contributed by atoms with van der Waals surface area (Å²) < 4.78 is 8.24. The highest BCUT2D eigenvalue weighted by Gasteiger charge is 2.19. The third kappa shape index (κ3) is 4.86. The normalized spacial score (nSPS) is 11.1. The fourth-order valence-corrected chi connectivity index (χ4v) is 4.89. The van der Waals surface area contributed by atoms with Crippen molar-refractivity contribution in [1.29, 1.82) is 0 Å². The molecule has 34 heavy (non-hydrogen) atoms. The summed E-state index contributed by atoms with van der Waals surface area (Å²) in [6, 6.07) is 19.3. The Bertz CT molecular complexity index is 1310. The predicted molar refractivity (Wildman–Crippen MR) is 141 cm³/mol. The zero-order chi connectivity index (χ0) is 24.4. The zero-order valence-electron chi connectivity index (χ0n) is 21.1. The van der Waals surface area contributed by atoms with Crippen LogP contribution in [0.2, 0.25) is 0 Å². The van der Waals surface area contributed by atoms with Gasteiger partial charge in [0.25, 0.3) is 0 Å². The first-order valence-corrected chi connectivity index (χ1v) is 12.0. The SMILES string of the molecule is CCN(CC)C(=O)Oc1ccc2c(ccn2Cc2cc(C)cc(C)c2)c1-c1cc(C)cc(C)c1. The van der Waals surface area contributed by atoms with Crippen molar-refractivity contribution in [2.24, 2.45) is 0 Å². The molecule has 0 saturated carbocycles. The molecule has 0 atom stereocenters. The lowest BCUT2D eigenvalue weighted by atomic mass is 9.97. The second-order valence-corrected chi connectivity index (χ2v) is 9.23. The second-order valence-electron chi connectivity index (χ2n) is 9.23. The summed E-state index contributed by atoms with van der Waals surface area (Å²) in [7, 11) is 0. The Labute approximate surface area is 202 Å². The molecule has 3 aromatic carbocycles. The third-order valence-corrected chi connectivity index (χ3v) is 6.28. The van der Waals surface area contributed by atoms with Gasteiger partial charge in [-0.25, -0.2) is 4.79 Å². The van der Waals surface area contributed by atoms with Gasteiger partial charge >= 0.3 is 6.09 Å². The number of amides is 1. The molecular formula is C30H34N2O2. The molecule has 0 N–H and O–H groups in total. The van der Waals surface area contributed by atoms with Crippen LogP contribution in [0.15, 0.2) is 60.8 Å². The number of carbonyl (C=O) groups is 1. The van der Waals surface area contributed by atoms with Crippen molar-refractivity contribution in [3.8, 4) is 16.9 Å². The molecule has 4 nitrogen and oxygen atoms in total. The Hall–Kier alpha value is -3.53. The van der Waals surface area contributed by atoms with Crippen LogP contribution in [0.3, 0.4) is 0 Å². The van der Waals surface area contributed by atoms with Crippen molar-refractivity contribution in [3.63, 3.8) is 0 Å². The summed E-state index contributed by atoms with van der Waals surface area (Å²) in [6.07, 6.45) is 1.81. The number of hydrogen-bond acceptors (Lipinski definition) is 2. The van der Waals surface area contributed by atoms with E-state index in [2.05, 4.69) is 87.0 Å². The van der Waals surface area contributed by atoms with Gasteiger partial charge in [-0.15, -0.1) is 0 Å². The van der Waals surface area contributed by atoms with E-state index in [4.69, 9.17) is 4.74 Å². The summed E-state index contributed by atoms with van der Waals surface area (Å²) in [5.41, 5.74) is 9.33. The minimum absolute atomic E-state index is 0.315. The Morgan fingerprint density at radius 3 is 2.00 bits per heavy atom. The summed E-state index contributed by atoms with van der Waals surface area (Å²) in [5, 5.41) is 1.08. The smallest absolute Gasteiger partial charge is 0.410 e. The highest BCUT2D eigenvalue weighted by molar-refractivity contribution is 6.00. The molecule has 4 aromatic rings. The van der Waals surface area contributed by atoms with E-state index >= 15 is 0 Å². The number of nitrogens with zero attached hydrogens (tertiary/aromatic N) is 2. The molecule has 0 aliphatic heterocycles. The van der Waals surface area contributed by atoms with E-state index in [1.807, 2.05) is 19.9 Å². The van der Waals surface area contributed by atoms with Crippen molar-refractivity contribution in [1.82, 2.24) is 9.47 Å². The van der Waals surface area contributed by atoms with Gasteiger partial charge in [-0.05, 0) is 70.9 Å². The fraction of sp³-hybridized carbons (Fsp3) is 0.300. The molecule has 1 amide bonds. The van der Waals surface area contributed by atoms with Crippen LogP contribution in [0.5, 0.6) is 5.75 Å². The Morgan fingerprint density at radius 1 is 0.824 bits per heavy atom. The van der Waals surface area contributed by atoms with Crippen molar-refractivity contribution in [2.75, 3.05) is 13.1 Å². The molecule has 0 bridgehead atoms. The highest BCUT2D eigenvalue weighted by atomic mass is 16.6. The summed E-state index contributed by atoms with van der Waals surface area (Å²) in [5.74, 6) is 0.596. The van der Waals surface area contributed by atoms with Crippen LogP contribution >= 0.6 is 0 Å². The molecule has 0 saturated heterocycles. The molecule has 0 aliphatic carbocycles. The van der Waals surface area contributed by atoms with Crippen molar-refractivity contribution in [3.05, 3.63) is 88.6 Å². The molecule has 4 heteroatoms. The van der Waals surface area contributed by atoms with E-state index < -0.39 is 0 Å². The molecule has 1 heterocycles. The van der Waals surface area contributed by atoms with Gasteiger partial charge in [0.1, 0.15) is 5.75 Å². The van der Waals surface area contributed by atoms with Crippen LogP contribution in [0, 0.1) is 27.7 Å². The van der Waals surface area contributed by atoms with Crippen molar-refractivity contribution in [2.45, 2.75) is 48.1 Å². The zero-order valence-corrected chi connectivity index (χ0v) is 21.1. The number of fused-ring (bicyclic) bond motifs is 1. The number of rotatable bonds is 6. The average molecular weight is 455 g/mol. The van der Waals surface area contributed by atoms with Crippen LogP contribution in [0.4, 0.5) is 4.79 Å². The maximum absolute atomic E-state index is 12.8. The lowest BCUT2D eigenvalue weighted by molar-refractivity contribution is 0.157. The van der Waals surface area contributed by atoms with Crippen LogP contribution in [-0.2, 0) is 6.54 Å². The number of hydrogen-bond donors (Lipinski definition) is 0. The molecule has 1 aromatic heterocycles. The topological polar surface area (TPSA) is 34.5 Å². The highest BCUT2D eigenvalue weighted by Crippen LogP contribution is 2.39.